The summed E-state index contributed by atoms with van der Waals surface area (Å²) in [6, 6.07) is 0. The lowest BCUT2D eigenvalue weighted by Crippen LogP contribution is -2.61. The second-order valence-corrected chi connectivity index (χ2v) is 16.2. The second kappa shape index (κ2) is 32.7. The van der Waals surface area contributed by atoms with Gasteiger partial charge in [-0.3, -0.25) is 4.79 Å². The van der Waals surface area contributed by atoms with E-state index in [9.17, 15) is 40.5 Å². The van der Waals surface area contributed by atoms with E-state index in [1.165, 1.54) is 96.3 Å². The lowest BCUT2D eigenvalue weighted by molar-refractivity contribution is -0.332. The predicted octanol–water partition coefficient (Wildman–Crippen LogP) is 4.96. The average Bonchev–Trinajstić information content (AvgIpc) is 3.20. The number of carbonyl (C=O) groups is 1. The Labute approximate surface area is 342 Å². The number of aliphatic hydroxyl groups excluding tert-OH is 7. The molecule has 0 saturated carbocycles. The van der Waals surface area contributed by atoms with Gasteiger partial charge in [0, 0.05) is 13.0 Å². The van der Waals surface area contributed by atoms with Crippen LogP contribution >= 0.6 is 0 Å². The van der Waals surface area contributed by atoms with Crippen molar-refractivity contribution in [1.82, 2.24) is 0 Å². The van der Waals surface area contributed by atoms with Crippen LogP contribution in [0.5, 0.6) is 0 Å². The van der Waals surface area contributed by atoms with E-state index >= 15 is 0 Å². The summed E-state index contributed by atoms with van der Waals surface area (Å²) in [6.45, 7) is 3.61. The third-order valence-corrected chi connectivity index (χ3v) is 11.1. The van der Waals surface area contributed by atoms with Crippen molar-refractivity contribution >= 4 is 5.97 Å². The van der Waals surface area contributed by atoms with Gasteiger partial charge < -0.3 is 64.2 Å². The molecule has 2 aliphatic rings. The maximum absolute atomic E-state index is 12.7. The first-order valence-electron chi connectivity index (χ1n) is 22.6. The van der Waals surface area contributed by atoms with E-state index in [0.29, 0.717) is 13.0 Å². The number of hydrogen-bond donors (Lipinski definition) is 7. The fourth-order valence-corrected chi connectivity index (χ4v) is 7.34. The summed E-state index contributed by atoms with van der Waals surface area (Å²) in [4.78, 5) is 12.7. The normalized spacial score (nSPS) is 28.4. The van der Waals surface area contributed by atoms with E-state index in [1.807, 2.05) is 0 Å². The lowest BCUT2D eigenvalue weighted by atomic mass is 9.98. The molecule has 2 saturated heterocycles. The highest BCUT2D eigenvalue weighted by atomic mass is 16.7. The SMILES string of the molecule is CCCCCCCCCCCCCCCCCCCCOCC(COC1OC(COC2OC(CO)C(O)C(O)C2O)C(O)C(O)C1O)OC(=O)CCCCCCC. The van der Waals surface area contributed by atoms with Gasteiger partial charge >= 0.3 is 5.97 Å². The molecule has 0 aromatic rings. The Morgan fingerprint density at radius 3 is 1.42 bits per heavy atom. The number of hydrogen-bond acceptors (Lipinski definition) is 14. The highest BCUT2D eigenvalue weighted by molar-refractivity contribution is 5.69. The molecule has 11 unspecified atom stereocenters. The fourth-order valence-electron chi connectivity index (χ4n) is 7.34. The van der Waals surface area contributed by atoms with Crippen molar-refractivity contribution in [3.63, 3.8) is 0 Å². The van der Waals surface area contributed by atoms with Crippen LogP contribution in [0.15, 0.2) is 0 Å². The number of esters is 1. The summed E-state index contributed by atoms with van der Waals surface area (Å²) >= 11 is 0. The Hall–Kier alpha value is -1.01. The molecular weight excluding hydrogens is 740 g/mol. The molecule has 57 heavy (non-hydrogen) atoms. The molecular formula is C43H82O14. The van der Waals surface area contributed by atoms with Gasteiger partial charge in [-0.2, -0.15) is 0 Å². The van der Waals surface area contributed by atoms with E-state index < -0.39 is 80.7 Å². The zero-order valence-corrected chi connectivity index (χ0v) is 35.3. The quantitative estimate of drug-likeness (QED) is 0.0333. The van der Waals surface area contributed by atoms with E-state index in [0.717, 1.165) is 44.9 Å². The van der Waals surface area contributed by atoms with Gasteiger partial charge in [0.25, 0.3) is 0 Å². The zero-order chi connectivity index (χ0) is 41.7. The molecule has 0 radical (unpaired) electrons. The van der Waals surface area contributed by atoms with Crippen molar-refractivity contribution in [3.05, 3.63) is 0 Å². The van der Waals surface area contributed by atoms with Crippen LogP contribution in [0.3, 0.4) is 0 Å². The highest BCUT2D eigenvalue weighted by Gasteiger charge is 2.47. The molecule has 7 N–H and O–H groups in total. The number of aliphatic hydroxyl groups is 7. The van der Waals surface area contributed by atoms with Gasteiger partial charge in [0.15, 0.2) is 12.6 Å². The second-order valence-electron chi connectivity index (χ2n) is 16.2. The van der Waals surface area contributed by atoms with Crippen molar-refractivity contribution in [2.75, 3.05) is 33.0 Å². The van der Waals surface area contributed by atoms with Crippen LogP contribution < -0.4 is 0 Å². The number of ether oxygens (including phenoxy) is 6. The van der Waals surface area contributed by atoms with Crippen LogP contribution in [0.25, 0.3) is 0 Å². The molecule has 338 valence electrons. The van der Waals surface area contributed by atoms with Gasteiger partial charge in [0.05, 0.1) is 26.4 Å². The summed E-state index contributed by atoms with van der Waals surface area (Å²) in [5, 5.41) is 71.6. The summed E-state index contributed by atoms with van der Waals surface area (Å²) in [5.74, 6) is -0.386. The summed E-state index contributed by atoms with van der Waals surface area (Å²) in [5.41, 5.74) is 0. The molecule has 14 heteroatoms. The molecule has 0 spiro atoms. The third-order valence-electron chi connectivity index (χ3n) is 11.1. The molecule has 2 heterocycles. The summed E-state index contributed by atoms with van der Waals surface area (Å²) in [7, 11) is 0. The van der Waals surface area contributed by atoms with Crippen LogP contribution in [0.1, 0.15) is 168 Å². The topological polar surface area (TPSA) is 214 Å². The maximum atomic E-state index is 12.7. The Balaban J connectivity index is 1.71. The standard InChI is InChI=1S/C43H82O14/c1-3-5-7-9-10-11-12-13-14-15-16-17-18-19-20-21-23-25-27-52-29-32(55-35(45)26-24-22-8-6-4-2)30-53-42-41(51)39(49)37(47)34(57-42)31-54-43-40(50)38(48)36(46)33(28-44)56-43/h32-34,36-44,46-51H,3-31H2,1-2H3. The molecule has 2 aliphatic heterocycles. The number of carbonyl (C=O) groups excluding carboxylic acids is 1. The van der Waals surface area contributed by atoms with Crippen LogP contribution in [-0.2, 0) is 33.2 Å². The van der Waals surface area contributed by atoms with Crippen molar-refractivity contribution < 1.29 is 69.0 Å². The van der Waals surface area contributed by atoms with E-state index in [4.69, 9.17) is 28.4 Å². The zero-order valence-electron chi connectivity index (χ0n) is 35.3. The molecule has 2 rings (SSSR count). The molecule has 0 amide bonds. The van der Waals surface area contributed by atoms with Gasteiger partial charge in [-0.05, 0) is 12.8 Å². The van der Waals surface area contributed by atoms with Gasteiger partial charge in [-0.1, -0.05) is 149 Å². The highest BCUT2D eigenvalue weighted by Crippen LogP contribution is 2.26. The smallest absolute Gasteiger partial charge is 0.306 e. The van der Waals surface area contributed by atoms with Crippen molar-refractivity contribution in [2.24, 2.45) is 0 Å². The van der Waals surface area contributed by atoms with Crippen LogP contribution in [0.4, 0.5) is 0 Å². The van der Waals surface area contributed by atoms with Gasteiger partial charge in [-0.15, -0.1) is 0 Å². The largest absolute Gasteiger partial charge is 0.457 e. The lowest BCUT2D eigenvalue weighted by Gasteiger charge is -2.42. The molecule has 0 bridgehead atoms. The first-order chi connectivity index (χ1) is 27.6. The minimum atomic E-state index is -1.70. The first kappa shape index (κ1) is 52.1. The minimum absolute atomic E-state index is 0.0676. The predicted molar refractivity (Wildman–Crippen MR) is 215 cm³/mol. The minimum Gasteiger partial charge on any atom is -0.457 e. The first-order valence-corrected chi connectivity index (χ1v) is 22.6. The summed E-state index contributed by atoms with van der Waals surface area (Å²) in [6.07, 6.45) is 12.3. The van der Waals surface area contributed by atoms with Crippen LogP contribution in [-0.4, -0.2) is 142 Å². The van der Waals surface area contributed by atoms with Crippen molar-refractivity contribution in [1.29, 1.82) is 0 Å². The Bertz CT molecular complexity index is 959. The van der Waals surface area contributed by atoms with E-state index in [2.05, 4.69) is 13.8 Å². The van der Waals surface area contributed by atoms with Gasteiger partial charge in [-0.25, -0.2) is 0 Å². The summed E-state index contributed by atoms with van der Waals surface area (Å²) < 4.78 is 34.0. The average molecular weight is 823 g/mol. The molecule has 11 atom stereocenters. The maximum Gasteiger partial charge on any atom is 0.306 e. The van der Waals surface area contributed by atoms with Gasteiger partial charge in [0.1, 0.15) is 54.9 Å². The molecule has 0 aromatic heterocycles. The van der Waals surface area contributed by atoms with Crippen LogP contribution in [0.2, 0.25) is 0 Å². The molecule has 0 aromatic carbocycles. The Kier molecular flexibility index (Phi) is 29.9. The van der Waals surface area contributed by atoms with E-state index in [-0.39, 0.29) is 25.6 Å². The number of rotatable bonds is 35. The number of unbranched alkanes of at least 4 members (excludes halogenated alkanes) is 21. The third kappa shape index (κ3) is 21.9. The molecule has 14 nitrogen and oxygen atoms in total. The fraction of sp³-hybridized carbons (Fsp3) is 0.977. The van der Waals surface area contributed by atoms with E-state index in [1.54, 1.807) is 0 Å². The van der Waals surface area contributed by atoms with Crippen molar-refractivity contribution in [2.45, 2.75) is 235 Å². The Morgan fingerprint density at radius 1 is 0.509 bits per heavy atom. The van der Waals surface area contributed by atoms with Crippen LogP contribution in [0, 0.1) is 0 Å². The van der Waals surface area contributed by atoms with Gasteiger partial charge in [0.2, 0.25) is 0 Å². The Morgan fingerprint density at radius 2 is 0.930 bits per heavy atom. The van der Waals surface area contributed by atoms with Crippen molar-refractivity contribution in [3.8, 4) is 0 Å². The molecule has 0 aliphatic carbocycles. The monoisotopic (exact) mass is 823 g/mol. The molecule has 2 fully saturated rings.